The van der Waals surface area contributed by atoms with Gasteiger partial charge in [-0.3, -0.25) is 4.79 Å². The second kappa shape index (κ2) is 4.38. The summed E-state index contributed by atoms with van der Waals surface area (Å²) in [6, 6.07) is 1.36. The Balaban J connectivity index is 2.20. The number of rotatable bonds is 3. The first-order valence-electron chi connectivity index (χ1n) is 5.21. The molecule has 0 amide bonds. The maximum atomic E-state index is 11.0. The molecule has 0 N–H and O–H groups in total. The van der Waals surface area contributed by atoms with E-state index in [1.807, 2.05) is 0 Å². The molecule has 76 valence electrons. The largest absolute Gasteiger partial charge is 0.303 e. The lowest BCUT2D eigenvalue weighted by Gasteiger charge is -2.28. The van der Waals surface area contributed by atoms with Gasteiger partial charge in [-0.15, -0.1) is 0 Å². The van der Waals surface area contributed by atoms with E-state index in [0.29, 0.717) is 5.78 Å². The number of ketones is 1. The molecule has 1 fully saturated rings. The molecule has 0 bridgehead atoms. The van der Waals surface area contributed by atoms with Crippen LogP contribution in [0.1, 0.15) is 12.8 Å². The van der Waals surface area contributed by atoms with Crippen LogP contribution in [0.3, 0.4) is 0 Å². The summed E-state index contributed by atoms with van der Waals surface area (Å²) < 4.78 is 0. The zero-order chi connectivity index (χ0) is 9.90. The molecule has 3 heteroatoms. The highest BCUT2D eigenvalue weighted by Gasteiger charge is 2.19. The second-order valence-electron chi connectivity index (χ2n) is 5.19. The van der Waals surface area contributed by atoms with Crippen molar-refractivity contribution in [2.45, 2.75) is 38.5 Å². The minimum absolute atomic E-state index is 0.448. The summed E-state index contributed by atoms with van der Waals surface area (Å²) in [6.45, 7) is 10.4. The Kier molecular flexibility index (Phi) is 3.68. The molecule has 1 aliphatic heterocycles. The molecule has 0 atom stereocenters. The smallest absolute Gasteiger partial charge is 0.135 e. The van der Waals surface area contributed by atoms with E-state index in [-0.39, 0.29) is 0 Å². The van der Waals surface area contributed by atoms with Gasteiger partial charge in [-0.2, -0.15) is 0 Å². The Labute approximate surface area is 82.3 Å². The fourth-order valence-corrected chi connectivity index (χ4v) is 2.51. The third kappa shape index (κ3) is 4.57. The van der Waals surface area contributed by atoms with Crippen molar-refractivity contribution < 1.29 is 4.79 Å². The predicted molar refractivity (Wildman–Crippen MR) is 58.8 cm³/mol. The highest BCUT2D eigenvalue weighted by molar-refractivity contribution is 6.76. The first-order valence-corrected chi connectivity index (χ1v) is 8.92. The SMILES string of the molecule is C[Si](C)(C)CCN1CCC(=O)CC1. The molecule has 1 heterocycles. The molecule has 0 saturated carbocycles. The van der Waals surface area contributed by atoms with Crippen LogP contribution in [-0.4, -0.2) is 38.4 Å². The van der Waals surface area contributed by atoms with Crippen molar-refractivity contribution >= 4 is 13.9 Å². The van der Waals surface area contributed by atoms with Gasteiger partial charge >= 0.3 is 0 Å². The van der Waals surface area contributed by atoms with Crippen LogP contribution in [0.2, 0.25) is 25.7 Å². The molecule has 2 nitrogen and oxygen atoms in total. The van der Waals surface area contributed by atoms with Crippen molar-refractivity contribution in [3.8, 4) is 0 Å². The summed E-state index contributed by atoms with van der Waals surface area (Å²) in [5, 5.41) is 0. The van der Waals surface area contributed by atoms with E-state index in [2.05, 4.69) is 24.5 Å². The van der Waals surface area contributed by atoms with Gasteiger partial charge in [-0.25, -0.2) is 0 Å². The van der Waals surface area contributed by atoms with Crippen molar-refractivity contribution in [2.24, 2.45) is 0 Å². The molecule has 0 aliphatic carbocycles. The lowest BCUT2D eigenvalue weighted by Crippen LogP contribution is -2.37. The Morgan fingerprint density at radius 1 is 1.23 bits per heavy atom. The van der Waals surface area contributed by atoms with E-state index in [1.54, 1.807) is 0 Å². The molecule has 0 aromatic carbocycles. The van der Waals surface area contributed by atoms with E-state index in [1.165, 1.54) is 12.6 Å². The molecule has 0 unspecified atom stereocenters. The highest BCUT2D eigenvalue weighted by atomic mass is 28.3. The summed E-state index contributed by atoms with van der Waals surface area (Å²) >= 11 is 0. The standard InChI is InChI=1S/C10H21NOSi/c1-13(2,3)9-8-11-6-4-10(12)5-7-11/h4-9H2,1-3H3. The number of carbonyl (C=O) groups excluding carboxylic acids is 1. The van der Waals surface area contributed by atoms with Crippen LogP contribution >= 0.6 is 0 Å². The lowest BCUT2D eigenvalue weighted by molar-refractivity contribution is -0.121. The number of piperidine rings is 1. The maximum Gasteiger partial charge on any atom is 0.135 e. The summed E-state index contributed by atoms with van der Waals surface area (Å²) in [4.78, 5) is 13.4. The number of hydrogen-bond donors (Lipinski definition) is 0. The molecule has 13 heavy (non-hydrogen) atoms. The van der Waals surface area contributed by atoms with Crippen LogP contribution in [0.5, 0.6) is 0 Å². The zero-order valence-corrected chi connectivity index (χ0v) is 10.1. The van der Waals surface area contributed by atoms with E-state index >= 15 is 0 Å². The maximum absolute atomic E-state index is 11.0. The minimum Gasteiger partial charge on any atom is -0.303 e. The quantitative estimate of drug-likeness (QED) is 0.648. The first-order chi connectivity index (χ1) is 5.97. The molecule has 0 radical (unpaired) electrons. The first kappa shape index (κ1) is 10.9. The number of carbonyl (C=O) groups is 1. The van der Waals surface area contributed by atoms with Gasteiger partial charge in [0.05, 0.1) is 0 Å². The summed E-state index contributed by atoms with van der Waals surface area (Å²) in [5.74, 6) is 0.448. The van der Waals surface area contributed by atoms with Crippen LogP contribution in [0, 0.1) is 0 Å². The van der Waals surface area contributed by atoms with Crippen molar-refractivity contribution in [1.29, 1.82) is 0 Å². The third-order valence-corrected chi connectivity index (χ3v) is 4.32. The molecule has 0 aromatic heterocycles. The van der Waals surface area contributed by atoms with Gasteiger partial charge in [0.25, 0.3) is 0 Å². The van der Waals surface area contributed by atoms with Crippen LogP contribution in [-0.2, 0) is 4.79 Å². The van der Waals surface area contributed by atoms with Crippen LogP contribution < -0.4 is 0 Å². The van der Waals surface area contributed by atoms with Gasteiger partial charge in [0, 0.05) is 34.0 Å². The number of nitrogens with zero attached hydrogens (tertiary/aromatic N) is 1. The summed E-state index contributed by atoms with van der Waals surface area (Å²) in [6.07, 6.45) is 1.57. The number of hydrogen-bond acceptors (Lipinski definition) is 2. The molecule has 1 saturated heterocycles. The minimum atomic E-state index is -0.885. The molecular formula is C10H21NOSi. The average molecular weight is 199 g/mol. The predicted octanol–water partition coefficient (Wildman–Crippen LogP) is 1.99. The Morgan fingerprint density at radius 2 is 1.77 bits per heavy atom. The highest BCUT2D eigenvalue weighted by Crippen LogP contribution is 2.12. The fourth-order valence-electron chi connectivity index (χ4n) is 1.52. The Morgan fingerprint density at radius 3 is 2.23 bits per heavy atom. The van der Waals surface area contributed by atoms with E-state index in [4.69, 9.17) is 0 Å². The Hall–Kier alpha value is -0.153. The number of Topliss-reactive ketones (excluding diaryl/α,β-unsaturated/α-hetero) is 1. The van der Waals surface area contributed by atoms with E-state index in [0.717, 1.165) is 25.9 Å². The summed E-state index contributed by atoms with van der Waals surface area (Å²) in [7, 11) is -0.885. The second-order valence-corrected chi connectivity index (χ2v) is 10.8. The van der Waals surface area contributed by atoms with Crippen molar-refractivity contribution in [3.63, 3.8) is 0 Å². The van der Waals surface area contributed by atoms with Gasteiger partial charge in [0.15, 0.2) is 0 Å². The zero-order valence-electron chi connectivity index (χ0n) is 9.10. The van der Waals surface area contributed by atoms with Crippen LogP contribution in [0.4, 0.5) is 0 Å². The summed E-state index contributed by atoms with van der Waals surface area (Å²) in [5.41, 5.74) is 0. The van der Waals surface area contributed by atoms with E-state index < -0.39 is 8.07 Å². The van der Waals surface area contributed by atoms with Gasteiger partial charge < -0.3 is 4.90 Å². The third-order valence-electron chi connectivity index (χ3n) is 2.59. The van der Waals surface area contributed by atoms with Crippen molar-refractivity contribution in [1.82, 2.24) is 4.90 Å². The monoisotopic (exact) mass is 199 g/mol. The average Bonchev–Trinajstić information content (AvgIpc) is 2.02. The fraction of sp³-hybridized carbons (Fsp3) is 0.900. The molecule has 0 aromatic rings. The van der Waals surface area contributed by atoms with Gasteiger partial charge in [-0.1, -0.05) is 19.6 Å². The van der Waals surface area contributed by atoms with Gasteiger partial charge in [0.1, 0.15) is 5.78 Å². The lowest BCUT2D eigenvalue weighted by atomic mass is 10.1. The van der Waals surface area contributed by atoms with Crippen LogP contribution in [0.25, 0.3) is 0 Å². The van der Waals surface area contributed by atoms with Gasteiger partial charge in [-0.05, 0) is 12.6 Å². The molecule has 1 rings (SSSR count). The van der Waals surface area contributed by atoms with Crippen molar-refractivity contribution in [2.75, 3.05) is 19.6 Å². The molecule has 1 aliphatic rings. The molecular weight excluding hydrogens is 178 g/mol. The van der Waals surface area contributed by atoms with Gasteiger partial charge in [0.2, 0.25) is 0 Å². The normalized spacial score (nSPS) is 20.7. The topological polar surface area (TPSA) is 20.3 Å². The van der Waals surface area contributed by atoms with Crippen molar-refractivity contribution in [3.05, 3.63) is 0 Å². The molecule has 0 spiro atoms. The number of likely N-dealkylation sites (tertiary alicyclic amines) is 1. The van der Waals surface area contributed by atoms with E-state index in [9.17, 15) is 4.79 Å². The Bertz CT molecular complexity index is 176. The van der Waals surface area contributed by atoms with Crippen LogP contribution in [0.15, 0.2) is 0 Å².